The van der Waals surface area contributed by atoms with E-state index in [-0.39, 0.29) is 16.5 Å². The first-order chi connectivity index (χ1) is 14.8. The summed E-state index contributed by atoms with van der Waals surface area (Å²) in [7, 11) is 1.25. The van der Waals surface area contributed by atoms with Crippen molar-refractivity contribution in [1.82, 2.24) is 9.55 Å². The normalized spacial score (nSPS) is 11.2. The van der Waals surface area contributed by atoms with Crippen molar-refractivity contribution in [2.24, 2.45) is 0 Å². The van der Waals surface area contributed by atoms with Crippen LogP contribution in [0.15, 0.2) is 66.0 Å². The number of anilines is 1. The third-order valence-electron chi connectivity index (χ3n) is 4.13. The van der Waals surface area contributed by atoms with Crippen molar-refractivity contribution >= 4 is 29.3 Å². The molecular weight excluding hydrogens is 431 g/mol. The number of nitrogens with zero attached hydrogens (tertiary/aromatic N) is 2. The Morgan fingerprint density at radius 3 is 2.55 bits per heavy atom. The molecule has 0 unspecified atom stereocenters. The molecule has 162 valence electrons. The lowest BCUT2D eigenvalue weighted by Gasteiger charge is -2.14. The number of aromatic nitrogens is 2. The highest BCUT2D eigenvalue weighted by Gasteiger charge is 2.31. The van der Waals surface area contributed by atoms with E-state index in [4.69, 9.17) is 0 Å². The molecule has 10 heteroatoms. The van der Waals surface area contributed by atoms with Gasteiger partial charge < -0.3 is 14.6 Å². The number of imidazole rings is 1. The van der Waals surface area contributed by atoms with Gasteiger partial charge in [0.2, 0.25) is 5.91 Å². The zero-order chi connectivity index (χ0) is 22.4. The number of carbonyl (C=O) groups excluding carboxylic acids is 2. The molecule has 0 bridgehead atoms. The first-order valence-corrected chi connectivity index (χ1v) is 10.0. The molecule has 31 heavy (non-hydrogen) atoms. The Labute approximate surface area is 180 Å². The molecule has 1 aromatic heterocycles. The predicted molar refractivity (Wildman–Crippen MR) is 111 cm³/mol. The first-order valence-electron chi connectivity index (χ1n) is 9.05. The van der Waals surface area contributed by atoms with E-state index < -0.39 is 24.6 Å². The number of benzene rings is 2. The van der Waals surface area contributed by atoms with Crippen molar-refractivity contribution in [3.05, 3.63) is 66.4 Å². The summed E-state index contributed by atoms with van der Waals surface area (Å²) < 4.78 is 45.1. The van der Waals surface area contributed by atoms with Crippen molar-refractivity contribution < 1.29 is 27.5 Å². The van der Waals surface area contributed by atoms with Gasteiger partial charge >= 0.3 is 12.1 Å². The smallest absolute Gasteiger partial charge is 0.406 e. The fourth-order valence-corrected chi connectivity index (χ4v) is 3.59. The van der Waals surface area contributed by atoms with Crippen LogP contribution in [-0.4, -0.2) is 40.5 Å². The molecule has 6 nitrogen and oxygen atoms in total. The molecule has 0 fully saturated rings. The molecule has 2 aromatic carbocycles. The predicted octanol–water partition coefficient (Wildman–Crippen LogP) is 4.63. The highest BCUT2D eigenvalue weighted by atomic mass is 32.2. The summed E-state index contributed by atoms with van der Waals surface area (Å²) in [6.45, 7) is -1.22. The molecule has 1 amide bonds. The minimum atomic E-state index is -4.45. The Kier molecular flexibility index (Phi) is 7.01. The van der Waals surface area contributed by atoms with E-state index in [1.165, 1.54) is 25.4 Å². The molecule has 0 radical (unpaired) electrons. The summed E-state index contributed by atoms with van der Waals surface area (Å²) in [4.78, 5) is 28.0. The molecule has 1 heterocycles. The van der Waals surface area contributed by atoms with Crippen LogP contribution >= 0.6 is 11.8 Å². The van der Waals surface area contributed by atoms with Crippen LogP contribution in [0, 0.1) is 0 Å². The van der Waals surface area contributed by atoms with E-state index in [0.29, 0.717) is 16.9 Å². The highest BCUT2D eigenvalue weighted by molar-refractivity contribution is 7.99. The van der Waals surface area contributed by atoms with Gasteiger partial charge in [0.25, 0.3) is 0 Å². The fourth-order valence-electron chi connectivity index (χ4n) is 2.81. The second kappa shape index (κ2) is 9.69. The van der Waals surface area contributed by atoms with E-state index in [1.54, 1.807) is 42.5 Å². The lowest BCUT2D eigenvalue weighted by Crippen LogP contribution is -2.20. The molecule has 0 atom stereocenters. The van der Waals surface area contributed by atoms with Gasteiger partial charge in [-0.1, -0.05) is 48.2 Å². The van der Waals surface area contributed by atoms with E-state index in [2.05, 4.69) is 15.0 Å². The number of alkyl halides is 3. The number of rotatable bonds is 7. The number of methoxy groups -OCH3 is 1. The zero-order valence-electron chi connectivity index (χ0n) is 16.3. The number of hydrogen-bond donors (Lipinski definition) is 1. The minimum Gasteiger partial charge on any atom is -0.465 e. The molecule has 0 saturated heterocycles. The van der Waals surface area contributed by atoms with Crippen LogP contribution in [-0.2, 0) is 16.1 Å². The Bertz CT molecular complexity index is 1070. The number of esters is 1. The number of carbonyl (C=O) groups is 2. The topological polar surface area (TPSA) is 73.2 Å². The summed E-state index contributed by atoms with van der Waals surface area (Å²) in [6, 6.07) is 14.8. The van der Waals surface area contributed by atoms with Crippen molar-refractivity contribution in [3.8, 4) is 11.3 Å². The van der Waals surface area contributed by atoms with Crippen LogP contribution < -0.4 is 5.32 Å². The fraction of sp³-hybridized carbons (Fsp3) is 0.190. The third kappa shape index (κ3) is 6.11. The van der Waals surface area contributed by atoms with Gasteiger partial charge in [-0.3, -0.25) is 4.79 Å². The van der Waals surface area contributed by atoms with Crippen LogP contribution in [0.4, 0.5) is 18.9 Å². The average Bonchev–Trinajstić information content (AvgIpc) is 3.13. The Morgan fingerprint density at radius 1 is 1.13 bits per heavy atom. The summed E-state index contributed by atoms with van der Waals surface area (Å²) in [6.07, 6.45) is -3.09. The number of hydrogen-bond acceptors (Lipinski definition) is 5. The van der Waals surface area contributed by atoms with Crippen molar-refractivity contribution in [2.75, 3.05) is 18.2 Å². The standard InChI is InChI=1S/C21H18F3N3O3S/c1-30-19(29)15-8-5-9-16(10-15)26-18(28)12-31-20-25-11-17(14-6-3-2-4-7-14)27(20)13-21(22,23)24/h2-11H,12-13H2,1H3,(H,26,28). The number of halogens is 3. The summed E-state index contributed by atoms with van der Waals surface area (Å²) in [5, 5.41) is 2.69. The third-order valence-corrected chi connectivity index (χ3v) is 5.12. The molecule has 0 aliphatic carbocycles. The molecule has 0 aliphatic heterocycles. The van der Waals surface area contributed by atoms with E-state index >= 15 is 0 Å². The van der Waals surface area contributed by atoms with Gasteiger partial charge in [0.15, 0.2) is 5.16 Å². The number of amides is 1. The quantitative estimate of drug-likeness (QED) is 0.421. The molecule has 3 rings (SSSR count). The van der Waals surface area contributed by atoms with Crippen LogP contribution in [0.25, 0.3) is 11.3 Å². The summed E-state index contributed by atoms with van der Waals surface area (Å²) >= 11 is 0.894. The SMILES string of the molecule is COC(=O)c1cccc(NC(=O)CSc2ncc(-c3ccccc3)n2CC(F)(F)F)c1. The van der Waals surface area contributed by atoms with Crippen LogP contribution in [0.5, 0.6) is 0 Å². The van der Waals surface area contributed by atoms with E-state index in [1.807, 2.05) is 0 Å². The Morgan fingerprint density at radius 2 is 1.87 bits per heavy atom. The van der Waals surface area contributed by atoms with Crippen LogP contribution in [0.1, 0.15) is 10.4 Å². The molecule has 3 aromatic rings. The zero-order valence-corrected chi connectivity index (χ0v) is 17.2. The molecule has 0 spiro atoms. The van der Waals surface area contributed by atoms with Crippen molar-refractivity contribution in [2.45, 2.75) is 17.9 Å². The first kappa shape index (κ1) is 22.4. The van der Waals surface area contributed by atoms with Crippen molar-refractivity contribution in [3.63, 3.8) is 0 Å². The van der Waals surface area contributed by atoms with Gasteiger partial charge in [-0.2, -0.15) is 13.2 Å². The maximum atomic E-state index is 13.1. The van der Waals surface area contributed by atoms with E-state index in [0.717, 1.165) is 16.3 Å². The average molecular weight is 449 g/mol. The molecule has 0 saturated carbocycles. The van der Waals surface area contributed by atoms with Gasteiger partial charge in [-0.25, -0.2) is 9.78 Å². The molecular formula is C21H18F3N3O3S. The van der Waals surface area contributed by atoms with Gasteiger partial charge in [0.05, 0.1) is 30.3 Å². The highest BCUT2D eigenvalue weighted by Crippen LogP contribution is 2.30. The van der Waals surface area contributed by atoms with Gasteiger partial charge in [-0.15, -0.1) is 0 Å². The van der Waals surface area contributed by atoms with Gasteiger partial charge in [0, 0.05) is 5.69 Å². The lowest BCUT2D eigenvalue weighted by molar-refractivity contribution is -0.141. The second-order valence-corrected chi connectivity index (χ2v) is 7.35. The van der Waals surface area contributed by atoms with Crippen LogP contribution in [0.2, 0.25) is 0 Å². The van der Waals surface area contributed by atoms with Crippen molar-refractivity contribution in [1.29, 1.82) is 0 Å². The number of nitrogens with one attached hydrogen (secondary N) is 1. The minimum absolute atomic E-state index is 0.0784. The maximum Gasteiger partial charge on any atom is 0.406 e. The Balaban J connectivity index is 1.73. The lowest BCUT2D eigenvalue weighted by atomic mass is 10.2. The summed E-state index contributed by atoms with van der Waals surface area (Å²) in [5.41, 5.74) is 1.54. The molecule has 0 aliphatic rings. The van der Waals surface area contributed by atoms with Gasteiger partial charge in [0.1, 0.15) is 6.54 Å². The number of thioether (sulfide) groups is 1. The second-order valence-electron chi connectivity index (χ2n) is 6.40. The summed E-state index contributed by atoms with van der Waals surface area (Å²) in [5.74, 6) is -1.16. The van der Waals surface area contributed by atoms with E-state index in [9.17, 15) is 22.8 Å². The Hall–Kier alpha value is -3.27. The maximum absolute atomic E-state index is 13.1. The van der Waals surface area contributed by atoms with Gasteiger partial charge in [-0.05, 0) is 23.8 Å². The number of ether oxygens (including phenoxy) is 1. The monoisotopic (exact) mass is 449 g/mol. The van der Waals surface area contributed by atoms with Crippen LogP contribution in [0.3, 0.4) is 0 Å². The largest absolute Gasteiger partial charge is 0.465 e. The molecule has 1 N–H and O–H groups in total.